The number of halogens is 2. The molecule has 7 nitrogen and oxygen atoms in total. The molecule has 0 aliphatic carbocycles. The van der Waals surface area contributed by atoms with Crippen LogP contribution in [0.5, 0.6) is 0 Å². The van der Waals surface area contributed by atoms with E-state index in [4.69, 9.17) is 4.74 Å². The fourth-order valence-electron chi connectivity index (χ4n) is 2.77. The van der Waals surface area contributed by atoms with Gasteiger partial charge in [-0.1, -0.05) is 0 Å². The third-order valence-corrected chi connectivity index (χ3v) is 4.32. The van der Waals surface area contributed by atoms with Gasteiger partial charge in [-0.05, 0) is 43.1 Å². The van der Waals surface area contributed by atoms with Crippen LogP contribution in [0.15, 0.2) is 4.60 Å². The lowest BCUT2D eigenvalue weighted by atomic mass is 10.2. The van der Waals surface area contributed by atoms with E-state index in [9.17, 15) is 14.4 Å². The van der Waals surface area contributed by atoms with Crippen LogP contribution in [0.4, 0.5) is 15.0 Å². The number of hydrogen-bond acceptors (Lipinski definition) is 5. The van der Waals surface area contributed by atoms with E-state index in [0.29, 0.717) is 22.4 Å². The number of ether oxygens (including phenoxy) is 1. The number of likely N-dealkylation sites (tertiary alicyclic amines) is 1. The van der Waals surface area contributed by atoms with Crippen LogP contribution in [-0.4, -0.2) is 52.7 Å². The molecular formula is C15H21BrFN5O2. The molecule has 0 radical (unpaired) electrons. The predicted molar refractivity (Wildman–Crippen MR) is 90.5 cm³/mol. The van der Waals surface area contributed by atoms with Crippen LogP contribution >= 0.6 is 15.9 Å². The largest absolute Gasteiger partial charge is 0.444 e. The van der Waals surface area contributed by atoms with Gasteiger partial charge in [0.15, 0.2) is 0 Å². The van der Waals surface area contributed by atoms with Crippen molar-refractivity contribution in [3.63, 3.8) is 0 Å². The molecule has 0 aromatic carbocycles. The highest BCUT2D eigenvalue weighted by Gasteiger charge is 2.40. The van der Waals surface area contributed by atoms with Crippen molar-refractivity contribution in [1.29, 1.82) is 5.26 Å². The third kappa shape index (κ3) is 3.64. The van der Waals surface area contributed by atoms with E-state index in [1.54, 1.807) is 32.5 Å². The Morgan fingerprint density at radius 3 is 2.75 bits per heavy atom. The fourth-order valence-corrected chi connectivity index (χ4v) is 3.22. The molecular weight excluding hydrogens is 381 g/mol. The summed E-state index contributed by atoms with van der Waals surface area (Å²) in [5, 5.41) is 16.5. The summed E-state index contributed by atoms with van der Waals surface area (Å²) in [5.41, 5.74) is -0.264. The average molecular weight is 402 g/mol. The first kappa shape index (κ1) is 18.5. The van der Waals surface area contributed by atoms with Crippen molar-refractivity contribution in [2.24, 2.45) is 0 Å². The summed E-state index contributed by atoms with van der Waals surface area (Å²) in [6.07, 6.45) is -0.131. The van der Waals surface area contributed by atoms with Crippen LogP contribution < -0.4 is 5.32 Å². The van der Waals surface area contributed by atoms with Gasteiger partial charge in [0, 0.05) is 13.6 Å². The number of carbonyl (C=O) groups excluding carboxylic acids is 1. The number of alkyl halides is 1. The Bertz CT molecular complexity index is 664. The summed E-state index contributed by atoms with van der Waals surface area (Å²) in [6, 6.07) is 1.27. The van der Waals surface area contributed by atoms with E-state index in [0.717, 1.165) is 0 Å². The molecule has 0 spiro atoms. The second kappa shape index (κ2) is 6.97. The van der Waals surface area contributed by atoms with Crippen molar-refractivity contribution < 1.29 is 13.9 Å². The van der Waals surface area contributed by atoms with Gasteiger partial charge >= 0.3 is 6.09 Å². The van der Waals surface area contributed by atoms with Gasteiger partial charge in [-0.3, -0.25) is 0 Å². The third-order valence-electron chi connectivity index (χ3n) is 3.76. The van der Waals surface area contributed by atoms with Gasteiger partial charge in [0.05, 0.1) is 12.1 Å². The molecule has 1 unspecified atom stereocenters. The highest BCUT2D eigenvalue weighted by Crippen LogP contribution is 2.34. The van der Waals surface area contributed by atoms with Crippen LogP contribution in [-0.2, 0) is 4.74 Å². The molecule has 9 heteroatoms. The fraction of sp³-hybridized carbons (Fsp3) is 0.667. The standard InChI is InChI=1S/C15H21BrFN5O2/c1-15(2,3)24-14(23)21-8-10(5-9(21)6-17)22-13(19-4)11(7-18)12(16)20-22/h9-10,19H,5-6,8H2,1-4H3/t9-,10?/m0/s1. The molecule has 0 bridgehead atoms. The Balaban J connectivity index is 2.26. The minimum absolute atomic E-state index is 0.237. The molecule has 1 N–H and O–H groups in total. The van der Waals surface area contributed by atoms with E-state index < -0.39 is 24.4 Å². The molecule has 1 aliphatic heterocycles. The Morgan fingerprint density at radius 2 is 2.25 bits per heavy atom. The number of aromatic nitrogens is 2. The quantitative estimate of drug-likeness (QED) is 0.840. The number of carbonyl (C=O) groups is 1. The molecule has 1 fully saturated rings. The molecule has 0 saturated carbocycles. The lowest BCUT2D eigenvalue weighted by Gasteiger charge is -2.27. The lowest BCUT2D eigenvalue weighted by molar-refractivity contribution is 0.0203. The Hall–Kier alpha value is -1.82. The van der Waals surface area contributed by atoms with Gasteiger partial charge in [0.2, 0.25) is 0 Å². The second-order valence-electron chi connectivity index (χ2n) is 6.65. The van der Waals surface area contributed by atoms with Gasteiger partial charge in [0.25, 0.3) is 0 Å². The van der Waals surface area contributed by atoms with Crippen molar-refractivity contribution in [3.8, 4) is 6.07 Å². The highest BCUT2D eigenvalue weighted by molar-refractivity contribution is 9.10. The summed E-state index contributed by atoms with van der Waals surface area (Å²) < 4.78 is 20.8. The smallest absolute Gasteiger partial charge is 0.410 e. The summed E-state index contributed by atoms with van der Waals surface area (Å²) in [5.74, 6) is 0.540. The van der Waals surface area contributed by atoms with Gasteiger partial charge < -0.3 is 15.0 Å². The van der Waals surface area contributed by atoms with Gasteiger partial charge in [-0.25, -0.2) is 13.9 Å². The van der Waals surface area contributed by atoms with Gasteiger partial charge in [-0.2, -0.15) is 10.4 Å². The number of hydrogen-bond donors (Lipinski definition) is 1. The summed E-state index contributed by atoms with van der Waals surface area (Å²) in [7, 11) is 1.69. The van der Waals surface area contributed by atoms with Crippen LogP contribution in [0.3, 0.4) is 0 Å². The molecule has 132 valence electrons. The lowest BCUT2D eigenvalue weighted by Crippen LogP contribution is -2.40. The maximum Gasteiger partial charge on any atom is 0.410 e. The molecule has 1 saturated heterocycles. The number of rotatable bonds is 3. The van der Waals surface area contributed by atoms with Crippen LogP contribution in [0.2, 0.25) is 0 Å². The number of amides is 1. The monoisotopic (exact) mass is 401 g/mol. The number of nitrogens with zero attached hydrogens (tertiary/aromatic N) is 4. The average Bonchev–Trinajstić information content (AvgIpc) is 3.05. The second-order valence-corrected chi connectivity index (χ2v) is 7.40. The number of nitriles is 1. The van der Waals surface area contributed by atoms with Crippen molar-refractivity contribution in [2.75, 3.05) is 25.6 Å². The number of nitrogens with one attached hydrogen (secondary N) is 1. The normalized spacial score (nSPS) is 20.8. The van der Waals surface area contributed by atoms with E-state index in [1.165, 1.54) is 4.90 Å². The molecule has 2 heterocycles. The molecule has 1 aromatic heterocycles. The van der Waals surface area contributed by atoms with Crippen LogP contribution in [0, 0.1) is 11.3 Å². The molecule has 24 heavy (non-hydrogen) atoms. The first-order valence-corrected chi connectivity index (χ1v) is 8.42. The van der Waals surface area contributed by atoms with Crippen molar-refractivity contribution in [1.82, 2.24) is 14.7 Å². The molecule has 2 atom stereocenters. The summed E-state index contributed by atoms with van der Waals surface area (Å²) in [4.78, 5) is 13.7. The maximum atomic E-state index is 13.4. The summed E-state index contributed by atoms with van der Waals surface area (Å²) in [6.45, 7) is 4.93. The van der Waals surface area contributed by atoms with Crippen molar-refractivity contribution in [3.05, 3.63) is 10.2 Å². The zero-order valence-electron chi connectivity index (χ0n) is 14.1. The predicted octanol–water partition coefficient (Wildman–Crippen LogP) is 3.08. The zero-order chi connectivity index (χ0) is 18.1. The first-order valence-electron chi connectivity index (χ1n) is 7.63. The number of anilines is 1. The van der Waals surface area contributed by atoms with E-state index >= 15 is 0 Å². The molecule has 1 amide bonds. The van der Waals surface area contributed by atoms with E-state index in [-0.39, 0.29) is 12.6 Å². The van der Waals surface area contributed by atoms with Crippen LogP contribution in [0.1, 0.15) is 38.8 Å². The Labute approximate surface area is 148 Å². The minimum atomic E-state index is -0.655. The highest BCUT2D eigenvalue weighted by atomic mass is 79.9. The zero-order valence-corrected chi connectivity index (χ0v) is 15.7. The van der Waals surface area contributed by atoms with Crippen molar-refractivity contribution >= 4 is 27.8 Å². The van der Waals surface area contributed by atoms with Crippen LogP contribution in [0.25, 0.3) is 0 Å². The Kier molecular flexibility index (Phi) is 5.38. The van der Waals surface area contributed by atoms with Gasteiger partial charge in [-0.15, -0.1) is 0 Å². The molecule has 2 rings (SSSR count). The van der Waals surface area contributed by atoms with E-state index in [1.807, 2.05) is 0 Å². The topological polar surface area (TPSA) is 83.2 Å². The molecule has 1 aliphatic rings. The van der Waals surface area contributed by atoms with Crippen molar-refractivity contribution in [2.45, 2.75) is 44.9 Å². The minimum Gasteiger partial charge on any atom is -0.444 e. The SMILES string of the molecule is CNc1c(C#N)c(Br)nn1C1C[C@@H](CF)N(C(=O)OC(C)(C)C)C1. The Morgan fingerprint density at radius 1 is 1.58 bits per heavy atom. The van der Waals surface area contributed by atoms with Gasteiger partial charge in [0.1, 0.15) is 34.3 Å². The van der Waals surface area contributed by atoms with E-state index in [2.05, 4.69) is 32.4 Å². The summed E-state index contributed by atoms with van der Waals surface area (Å²) >= 11 is 3.26. The first-order chi connectivity index (χ1) is 11.2. The molecule has 1 aromatic rings. The maximum absolute atomic E-state index is 13.4.